The molecule has 0 bridgehead atoms. The molecule has 8 heteroatoms. The number of aliphatic hydroxyl groups is 1. The van der Waals surface area contributed by atoms with Crippen LogP contribution in [0.1, 0.15) is 23.2 Å². The monoisotopic (exact) mass is 305 g/mol. The molecule has 1 aliphatic rings. The highest BCUT2D eigenvalue weighted by Gasteiger charge is 2.31. The molecule has 19 heavy (non-hydrogen) atoms. The van der Waals surface area contributed by atoms with Gasteiger partial charge in [0.1, 0.15) is 4.21 Å². The van der Waals surface area contributed by atoms with Crippen molar-refractivity contribution in [3.8, 4) is 0 Å². The maximum atomic E-state index is 12.3. The highest BCUT2D eigenvalue weighted by Crippen LogP contribution is 2.27. The average molecular weight is 305 g/mol. The summed E-state index contributed by atoms with van der Waals surface area (Å²) >= 11 is 0.914. The van der Waals surface area contributed by atoms with E-state index in [0.717, 1.165) is 17.8 Å². The van der Waals surface area contributed by atoms with Crippen molar-refractivity contribution in [2.45, 2.75) is 17.1 Å². The van der Waals surface area contributed by atoms with E-state index in [4.69, 9.17) is 10.2 Å². The molecule has 0 saturated carbocycles. The summed E-state index contributed by atoms with van der Waals surface area (Å²) in [4.78, 5) is 10.8. The summed E-state index contributed by atoms with van der Waals surface area (Å²) in [6, 6.07) is 1.19. The standard InChI is InChI=1S/C11H15NO5S2/c13-6-8-2-1-3-12(5-8)19(16,17)10-4-9(7-18-10)11(14)15/h4,7-8,13H,1-3,5-6H2,(H,14,15). The number of hydrogen-bond donors (Lipinski definition) is 2. The molecule has 0 spiro atoms. The molecule has 1 aromatic rings. The first-order chi connectivity index (χ1) is 8.95. The maximum Gasteiger partial charge on any atom is 0.336 e. The molecule has 0 aliphatic carbocycles. The van der Waals surface area contributed by atoms with Crippen LogP contribution in [0, 0.1) is 5.92 Å². The first kappa shape index (κ1) is 14.4. The molecule has 1 saturated heterocycles. The SMILES string of the molecule is O=C(O)c1csc(S(=O)(=O)N2CCCC(CO)C2)c1. The number of nitrogens with zero attached hydrogens (tertiary/aromatic N) is 1. The van der Waals surface area contributed by atoms with Crippen LogP contribution in [-0.4, -0.2) is 48.6 Å². The minimum Gasteiger partial charge on any atom is -0.478 e. The van der Waals surface area contributed by atoms with Gasteiger partial charge in [-0.3, -0.25) is 0 Å². The lowest BCUT2D eigenvalue weighted by molar-refractivity contribution is 0.0697. The van der Waals surface area contributed by atoms with Gasteiger partial charge in [0.25, 0.3) is 10.0 Å². The van der Waals surface area contributed by atoms with E-state index in [-0.39, 0.29) is 22.3 Å². The quantitative estimate of drug-likeness (QED) is 0.859. The third-order valence-electron chi connectivity index (χ3n) is 3.16. The van der Waals surface area contributed by atoms with Crippen LogP contribution in [0.5, 0.6) is 0 Å². The molecule has 1 aliphatic heterocycles. The van der Waals surface area contributed by atoms with Crippen molar-refractivity contribution in [3.05, 3.63) is 17.0 Å². The molecular formula is C11H15NO5S2. The molecule has 106 valence electrons. The van der Waals surface area contributed by atoms with Gasteiger partial charge in [-0.15, -0.1) is 11.3 Å². The highest BCUT2D eigenvalue weighted by atomic mass is 32.2. The fraction of sp³-hybridized carbons (Fsp3) is 0.545. The van der Waals surface area contributed by atoms with Gasteiger partial charge >= 0.3 is 5.97 Å². The Hall–Kier alpha value is -0.960. The number of aliphatic hydroxyl groups excluding tert-OH is 1. The summed E-state index contributed by atoms with van der Waals surface area (Å²) in [6.07, 6.45) is 1.52. The summed E-state index contributed by atoms with van der Waals surface area (Å²) in [7, 11) is -3.64. The van der Waals surface area contributed by atoms with E-state index >= 15 is 0 Å². The van der Waals surface area contributed by atoms with Gasteiger partial charge in [-0.25, -0.2) is 13.2 Å². The maximum absolute atomic E-state index is 12.3. The van der Waals surface area contributed by atoms with Crippen LogP contribution in [0.25, 0.3) is 0 Å². The molecule has 1 fully saturated rings. The van der Waals surface area contributed by atoms with E-state index in [9.17, 15) is 13.2 Å². The minimum atomic E-state index is -3.64. The van der Waals surface area contributed by atoms with Gasteiger partial charge < -0.3 is 10.2 Å². The second kappa shape index (κ2) is 5.58. The number of carboxylic acid groups (broad SMARTS) is 1. The second-order valence-corrected chi connectivity index (χ2v) is 7.59. The Balaban J connectivity index is 2.23. The third-order valence-corrected chi connectivity index (χ3v) is 6.44. The van der Waals surface area contributed by atoms with Crippen molar-refractivity contribution in [3.63, 3.8) is 0 Å². The second-order valence-electron chi connectivity index (χ2n) is 4.51. The zero-order chi connectivity index (χ0) is 14.0. The largest absolute Gasteiger partial charge is 0.478 e. The average Bonchev–Trinajstić information content (AvgIpc) is 2.89. The number of carboxylic acids is 1. The topological polar surface area (TPSA) is 94.9 Å². The molecule has 2 N–H and O–H groups in total. The lowest BCUT2D eigenvalue weighted by atomic mass is 10.0. The molecular weight excluding hydrogens is 290 g/mol. The molecule has 1 aromatic heterocycles. The fourth-order valence-electron chi connectivity index (χ4n) is 2.09. The predicted molar refractivity (Wildman–Crippen MR) is 69.8 cm³/mol. The zero-order valence-electron chi connectivity index (χ0n) is 10.2. The first-order valence-electron chi connectivity index (χ1n) is 5.88. The van der Waals surface area contributed by atoms with Crippen LogP contribution in [0.4, 0.5) is 0 Å². The van der Waals surface area contributed by atoms with Gasteiger partial charge in [0, 0.05) is 25.1 Å². The van der Waals surface area contributed by atoms with Crippen molar-refractivity contribution >= 4 is 27.3 Å². The summed E-state index contributed by atoms with van der Waals surface area (Å²) in [5.74, 6) is -1.17. The number of thiophene rings is 1. The van der Waals surface area contributed by atoms with Gasteiger partial charge in [0.05, 0.1) is 5.56 Å². The normalized spacial score (nSPS) is 21.4. The smallest absolute Gasteiger partial charge is 0.336 e. The van der Waals surface area contributed by atoms with Gasteiger partial charge in [-0.1, -0.05) is 0 Å². The Morgan fingerprint density at radius 2 is 2.26 bits per heavy atom. The Labute approximate surface area is 115 Å². The number of rotatable bonds is 4. The van der Waals surface area contributed by atoms with Crippen molar-refractivity contribution in [1.82, 2.24) is 4.31 Å². The predicted octanol–water partition coefficient (Wildman–Crippen LogP) is 0.839. The number of sulfonamides is 1. The van der Waals surface area contributed by atoms with Crippen molar-refractivity contribution in [1.29, 1.82) is 0 Å². The molecule has 0 amide bonds. The Bertz CT molecular complexity index is 565. The number of aromatic carboxylic acids is 1. The van der Waals surface area contributed by atoms with Crippen LogP contribution in [0.15, 0.2) is 15.7 Å². The van der Waals surface area contributed by atoms with Crippen LogP contribution < -0.4 is 0 Å². The summed E-state index contributed by atoms with van der Waals surface area (Å²) in [5.41, 5.74) is -0.0145. The van der Waals surface area contributed by atoms with E-state index in [2.05, 4.69) is 0 Å². The van der Waals surface area contributed by atoms with Gasteiger partial charge in [0.15, 0.2) is 0 Å². The summed E-state index contributed by atoms with van der Waals surface area (Å²) < 4.78 is 26.1. The Kier molecular flexibility index (Phi) is 4.24. The van der Waals surface area contributed by atoms with Gasteiger partial charge in [0.2, 0.25) is 0 Å². The molecule has 0 aromatic carbocycles. The summed E-state index contributed by atoms with van der Waals surface area (Å²) in [6.45, 7) is 0.676. The lowest BCUT2D eigenvalue weighted by Crippen LogP contribution is -2.40. The number of piperidine rings is 1. The lowest BCUT2D eigenvalue weighted by Gasteiger charge is -2.30. The summed E-state index contributed by atoms with van der Waals surface area (Å²) in [5, 5.41) is 19.3. The van der Waals surface area contributed by atoms with Crippen LogP contribution >= 0.6 is 11.3 Å². The molecule has 2 heterocycles. The van der Waals surface area contributed by atoms with Crippen LogP contribution in [-0.2, 0) is 10.0 Å². The van der Waals surface area contributed by atoms with E-state index in [1.807, 2.05) is 0 Å². The Morgan fingerprint density at radius 3 is 2.84 bits per heavy atom. The molecule has 1 atom stereocenters. The first-order valence-corrected chi connectivity index (χ1v) is 8.20. The van der Waals surface area contributed by atoms with E-state index in [1.165, 1.54) is 15.8 Å². The van der Waals surface area contributed by atoms with E-state index in [1.54, 1.807) is 0 Å². The fourth-order valence-corrected chi connectivity index (χ4v) is 4.95. The third kappa shape index (κ3) is 2.97. The van der Waals surface area contributed by atoms with E-state index < -0.39 is 16.0 Å². The van der Waals surface area contributed by atoms with Crippen LogP contribution in [0.2, 0.25) is 0 Å². The van der Waals surface area contributed by atoms with Crippen LogP contribution in [0.3, 0.4) is 0 Å². The van der Waals surface area contributed by atoms with Crippen molar-refractivity contribution < 1.29 is 23.4 Å². The van der Waals surface area contributed by atoms with Gasteiger partial charge in [-0.2, -0.15) is 4.31 Å². The number of carbonyl (C=O) groups is 1. The molecule has 6 nitrogen and oxygen atoms in total. The van der Waals surface area contributed by atoms with Crippen molar-refractivity contribution in [2.75, 3.05) is 19.7 Å². The Morgan fingerprint density at radius 1 is 1.53 bits per heavy atom. The van der Waals surface area contributed by atoms with Gasteiger partial charge in [-0.05, 0) is 24.8 Å². The highest BCUT2D eigenvalue weighted by molar-refractivity contribution is 7.91. The van der Waals surface area contributed by atoms with Crippen molar-refractivity contribution in [2.24, 2.45) is 5.92 Å². The minimum absolute atomic E-state index is 0.0145. The zero-order valence-corrected chi connectivity index (χ0v) is 11.8. The molecule has 2 rings (SSSR count). The van der Waals surface area contributed by atoms with E-state index in [0.29, 0.717) is 19.5 Å². The number of hydrogen-bond acceptors (Lipinski definition) is 5. The molecule has 0 radical (unpaired) electrons. The molecule has 1 unspecified atom stereocenters.